The number of nitrogens with one attached hydrogen (secondary N) is 3. The summed E-state index contributed by atoms with van der Waals surface area (Å²) < 4.78 is 27.3. The second-order valence-corrected chi connectivity index (χ2v) is 8.14. The predicted molar refractivity (Wildman–Crippen MR) is 109 cm³/mol. The monoisotopic (exact) mass is 403 g/mol. The van der Waals surface area contributed by atoms with Crippen LogP contribution in [-0.2, 0) is 14.8 Å². The van der Waals surface area contributed by atoms with Gasteiger partial charge in [0, 0.05) is 30.8 Å². The molecule has 2 rings (SSSR count). The predicted octanol–water partition coefficient (Wildman–Crippen LogP) is 2.36. The number of benzene rings is 2. The fourth-order valence-corrected chi connectivity index (χ4v) is 3.85. The SMILES string of the molecule is CCC(=O)Nc1ccc(C(=O)NCCNS(=O)(=O)c2cc(C)ccc2C)cc1. The maximum atomic E-state index is 12.4. The molecule has 0 fully saturated rings. The van der Waals surface area contributed by atoms with E-state index in [-0.39, 0.29) is 29.8 Å². The standard InChI is InChI=1S/C20H25N3O4S/c1-4-19(24)23-17-9-7-16(8-10-17)20(25)21-11-12-22-28(26,27)18-13-14(2)5-6-15(18)3/h5-10,13,22H,4,11-12H2,1-3H3,(H,21,25)(H,23,24). The summed E-state index contributed by atoms with van der Waals surface area (Å²) in [5, 5.41) is 5.37. The number of amides is 2. The van der Waals surface area contributed by atoms with Crippen molar-refractivity contribution in [2.75, 3.05) is 18.4 Å². The highest BCUT2D eigenvalue weighted by Gasteiger charge is 2.16. The van der Waals surface area contributed by atoms with Crippen LogP contribution < -0.4 is 15.4 Å². The van der Waals surface area contributed by atoms with Crippen LogP contribution in [-0.4, -0.2) is 33.3 Å². The molecule has 2 aromatic carbocycles. The van der Waals surface area contributed by atoms with Crippen LogP contribution in [0.15, 0.2) is 47.4 Å². The molecule has 8 heteroatoms. The molecule has 150 valence electrons. The van der Waals surface area contributed by atoms with Gasteiger partial charge in [0.05, 0.1) is 4.90 Å². The smallest absolute Gasteiger partial charge is 0.251 e. The summed E-state index contributed by atoms with van der Waals surface area (Å²) in [6.07, 6.45) is 0.375. The average molecular weight is 404 g/mol. The van der Waals surface area contributed by atoms with Gasteiger partial charge in [-0.1, -0.05) is 19.1 Å². The minimum atomic E-state index is -3.64. The van der Waals surface area contributed by atoms with Gasteiger partial charge in [-0.25, -0.2) is 13.1 Å². The summed E-state index contributed by atoms with van der Waals surface area (Å²) in [6, 6.07) is 11.7. The maximum absolute atomic E-state index is 12.4. The molecule has 7 nitrogen and oxygen atoms in total. The van der Waals surface area contributed by atoms with Gasteiger partial charge in [0.15, 0.2) is 0 Å². The molecule has 0 radical (unpaired) electrons. The van der Waals surface area contributed by atoms with E-state index < -0.39 is 10.0 Å². The number of hydrogen-bond acceptors (Lipinski definition) is 4. The van der Waals surface area contributed by atoms with Crippen LogP contribution in [0, 0.1) is 13.8 Å². The molecule has 28 heavy (non-hydrogen) atoms. The molecule has 2 aromatic rings. The lowest BCUT2D eigenvalue weighted by molar-refractivity contribution is -0.115. The van der Waals surface area contributed by atoms with Crippen LogP contribution in [0.3, 0.4) is 0 Å². The van der Waals surface area contributed by atoms with Gasteiger partial charge >= 0.3 is 0 Å². The zero-order valence-electron chi connectivity index (χ0n) is 16.2. The van der Waals surface area contributed by atoms with Gasteiger partial charge in [-0.2, -0.15) is 0 Å². The molecule has 0 saturated carbocycles. The Bertz CT molecular complexity index is 954. The Kier molecular flexibility index (Phi) is 7.31. The Morgan fingerprint density at radius 2 is 1.64 bits per heavy atom. The largest absolute Gasteiger partial charge is 0.351 e. The van der Waals surface area contributed by atoms with Crippen LogP contribution in [0.5, 0.6) is 0 Å². The third kappa shape index (κ3) is 5.90. The number of aryl methyl sites for hydroxylation is 2. The van der Waals surface area contributed by atoms with E-state index >= 15 is 0 Å². The summed E-state index contributed by atoms with van der Waals surface area (Å²) in [4.78, 5) is 23.7. The lowest BCUT2D eigenvalue weighted by atomic mass is 10.2. The van der Waals surface area contributed by atoms with Crippen LogP contribution in [0.2, 0.25) is 0 Å². The maximum Gasteiger partial charge on any atom is 0.251 e. The molecule has 0 bridgehead atoms. The molecular weight excluding hydrogens is 378 g/mol. The fourth-order valence-electron chi connectivity index (χ4n) is 2.49. The van der Waals surface area contributed by atoms with E-state index in [1.807, 2.05) is 13.0 Å². The van der Waals surface area contributed by atoms with Crippen LogP contribution in [0.25, 0.3) is 0 Å². The minimum absolute atomic E-state index is 0.0755. The van der Waals surface area contributed by atoms with Gasteiger partial charge in [0.25, 0.3) is 5.91 Å². The Hall–Kier alpha value is -2.71. The summed E-state index contributed by atoms with van der Waals surface area (Å²) in [5.74, 6) is -0.423. The summed E-state index contributed by atoms with van der Waals surface area (Å²) in [7, 11) is -3.64. The minimum Gasteiger partial charge on any atom is -0.351 e. The molecule has 2 amide bonds. The highest BCUT2D eigenvalue weighted by atomic mass is 32.2. The molecule has 3 N–H and O–H groups in total. The zero-order chi connectivity index (χ0) is 20.7. The third-order valence-corrected chi connectivity index (χ3v) is 5.69. The highest BCUT2D eigenvalue weighted by molar-refractivity contribution is 7.89. The van der Waals surface area contributed by atoms with E-state index in [1.165, 1.54) is 0 Å². The molecule has 0 unspecified atom stereocenters. The van der Waals surface area contributed by atoms with Crippen molar-refractivity contribution in [3.8, 4) is 0 Å². The van der Waals surface area contributed by atoms with Gasteiger partial charge < -0.3 is 10.6 Å². The lowest BCUT2D eigenvalue weighted by Gasteiger charge is -2.11. The molecular formula is C20H25N3O4S. The molecule has 0 heterocycles. The van der Waals surface area contributed by atoms with Crippen molar-refractivity contribution in [2.45, 2.75) is 32.1 Å². The molecule has 0 atom stereocenters. The summed E-state index contributed by atoms with van der Waals surface area (Å²) in [6.45, 7) is 5.55. The van der Waals surface area contributed by atoms with Crippen molar-refractivity contribution in [1.29, 1.82) is 0 Å². The van der Waals surface area contributed by atoms with Crippen molar-refractivity contribution in [3.05, 3.63) is 59.2 Å². The average Bonchev–Trinajstić information content (AvgIpc) is 2.67. The van der Waals surface area contributed by atoms with Crippen molar-refractivity contribution in [3.63, 3.8) is 0 Å². The van der Waals surface area contributed by atoms with E-state index in [0.29, 0.717) is 23.2 Å². The molecule has 0 aliphatic rings. The molecule has 0 spiro atoms. The van der Waals surface area contributed by atoms with E-state index in [4.69, 9.17) is 0 Å². The normalized spacial score (nSPS) is 11.1. The van der Waals surface area contributed by atoms with Gasteiger partial charge in [0.1, 0.15) is 0 Å². The highest BCUT2D eigenvalue weighted by Crippen LogP contribution is 2.16. The summed E-state index contributed by atoms with van der Waals surface area (Å²) >= 11 is 0. The number of anilines is 1. The molecule has 0 aromatic heterocycles. The topological polar surface area (TPSA) is 104 Å². The molecule has 0 aliphatic carbocycles. The third-order valence-electron chi connectivity index (χ3n) is 4.09. The van der Waals surface area contributed by atoms with Crippen LogP contribution in [0.1, 0.15) is 34.8 Å². The number of hydrogen-bond donors (Lipinski definition) is 3. The number of sulfonamides is 1. The summed E-state index contributed by atoms with van der Waals surface area (Å²) in [5.41, 5.74) is 2.56. The Balaban J connectivity index is 1.86. The number of carbonyl (C=O) groups is 2. The van der Waals surface area contributed by atoms with Crippen molar-refractivity contribution >= 4 is 27.5 Å². The van der Waals surface area contributed by atoms with E-state index in [2.05, 4.69) is 15.4 Å². The molecule has 0 aliphatic heterocycles. The quantitative estimate of drug-likeness (QED) is 0.589. The number of rotatable bonds is 8. The van der Waals surface area contributed by atoms with E-state index in [9.17, 15) is 18.0 Å². The van der Waals surface area contributed by atoms with Gasteiger partial charge in [0.2, 0.25) is 15.9 Å². The molecule has 0 saturated heterocycles. The lowest BCUT2D eigenvalue weighted by Crippen LogP contribution is -2.35. The zero-order valence-corrected chi connectivity index (χ0v) is 17.0. The second-order valence-electron chi connectivity index (χ2n) is 6.40. The Morgan fingerprint density at radius 1 is 0.964 bits per heavy atom. The van der Waals surface area contributed by atoms with Gasteiger partial charge in [-0.3, -0.25) is 9.59 Å². The first-order chi connectivity index (χ1) is 13.2. The fraction of sp³-hybridized carbons (Fsp3) is 0.300. The van der Waals surface area contributed by atoms with Crippen molar-refractivity contribution < 1.29 is 18.0 Å². The first-order valence-corrected chi connectivity index (χ1v) is 10.5. The van der Waals surface area contributed by atoms with E-state index in [0.717, 1.165) is 5.56 Å². The first kappa shape index (κ1) is 21.6. The van der Waals surface area contributed by atoms with Gasteiger partial charge in [-0.05, 0) is 55.3 Å². The van der Waals surface area contributed by atoms with Crippen molar-refractivity contribution in [1.82, 2.24) is 10.0 Å². The van der Waals surface area contributed by atoms with E-state index in [1.54, 1.807) is 50.2 Å². The van der Waals surface area contributed by atoms with Crippen LogP contribution in [0.4, 0.5) is 5.69 Å². The second kappa shape index (κ2) is 9.48. The number of carbonyl (C=O) groups excluding carboxylic acids is 2. The van der Waals surface area contributed by atoms with Gasteiger partial charge in [-0.15, -0.1) is 0 Å². The van der Waals surface area contributed by atoms with Crippen molar-refractivity contribution in [2.24, 2.45) is 0 Å². The Labute approximate surface area is 165 Å². The Morgan fingerprint density at radius 3 is 2.29 bits per heavy atom. The first-order valence-electron chi connectivity index (χ1n) is 8.98. The van der Waals surface area contributed by atoms with Crippen LogP contribution >= 0.6 is 0 Å².